The number of rotatable bonds is 2. The minimum atomic E-state index is 0. The average molecular weight is 412 g/mol. The molecule has 22 heavy (non-hydrogen) atoms. The molecule has 0 nitrogen and oxygen atoms in total. The van der Waals surface area contributed by atoms with E-state index in [0.29, 0.717) is 11.8 Å². The zero-order valence-corrected chi connectivity index (χ0v) is 17.5. The molecule has 1 aliphatic carbocycles. The van der Waals surface area contributed by atoms with E-state index >= 15 is 0 Å². The van der Waals surface area contributed by atoms with Crippen LogP contribution in [0.3, 0.4) is 0 Å². The van der Waals surface area contributed by atoms with Gasteiger partial charge in [0.05, 0.1) is 0 Å². The summed E-state index contributed by atoms with van der Waals surface area (Å²) in [5.74, 6) is 1.16. The SMILES string of the molecule is CC(C)c1c[c-]c2c(c1)-c1cc(C(C)C)ccc1C2.[Cl-].[Cl-].[Zr+3]. The fourth-order valence-electron chi connectivity index (χ4n) is 2.81. The van der Waals surface area contributed by atoms with Crippen molar-refractivity contribution >= 4 is 0 Å². The number of fused-ring (bicyclic) bond motifs is 3. The summed E-state index contributed by atoms with van der Waals surface area (Å²) in [6.07, 6.45) is 1.04. The summed E-state index contributed by atoms with van der Waals surface area (Å²) in [6.45, 7) is 9.01. The Labute approximate surface area is 166 Å². The first-order valence-corrected chi connectivity index (χ1v) is 7.24. The van der Waals surface area contributed by atoms with Gasteiger partial charge in [-0.1, -0.05) is 62.9 Å². The summed E-state index contributed by atoms with van der Waals surface area (Å²) in [6, 6.07) is 15.0. The first-order valence-electron chi connectivity index (χ1n) is 7.24. The van der Waals surface area contributed by atoms with Crippen molar-refractivity contribution in [3.05, 3.63) is 58.7 Å². The zero-order valence-electron chi connectivity index (χ0n) is 13.5. The minimum absolute atomic E-state index is 0. The van der Waals surface area contributed by atoms with Gasteiger partial charge in [0.2, 0.25) is 0 Å². The van der Waals surface area contributed by atoms with Crippen molar-refractivity contribution in [3.8, 4) is 11.1 Å². The fourth-order valence-corrected chi connectivity index (χ4v) is 2.81. The first-order chi connectivity index (χ1) is 9.06. The van der Waals surface area contributed by atoms with Crippen LogP contribution in [0.5, 0.6) is 0 Å². The number of halogens is 2. The fraction of sp³-hybridized carbons (Fsp3) is 0.368. The molecule has 115 valence electrons. The molecule has 0 aliphatic heterocycles. The molecule has 0 saturated carbocycles. The molecule has 0 aromatic heterocycles. The van der Waals surface area contributed by atoms with Crippen LogP contribution >= 0.6 is 0 Å². The summed E-state index contributed by atoms with van der Waals surface area (Å²) in [5.41, 5.74) is 8.48. The molecular formula is C19H21Cl2Zr. The average Bonchev–Trinajstić information content (AvgIpc) is 2.75. The van der Waals surface area contributed by atoms with Gasteiger partial charge in [0.25, 0.3) is 0 Å². The Bertz CT molecular complexity index is 578. The van der Waals surface area contributed by atoms with Gasteiger partial charge in [0, 0.05) is 0 Å². The van der Waals surface area contributed by atoms with Gasteiger partial charge >= 0.3 is 26.2 Å². The van der Waals surface area contributed by atoms with E-state index in [1.54, 1.807) is 0 Å². The normalized spacial score (nSPS) is 11.2. The molecule has 2 aromatic carbocycles. The van der Waals surface area contributed by atoms with Crippen LogP contribution in [0.2, 0.25) is 0 Å². The van der Waals surface area contributed by atoms with E-state index < -0.39 is 0 Å². The predicted octanol–water partition coefficient (Wildman–Crippen LogP) is -0.690. The van der Waals surface area contributed by atoms with Crippen molar-refractivity contribution in [2.75, 3.05) is 0 Å². The summed E-state index contributed by atoms with van der Waals surface area (Å²) in [4.78, 5) is 0. The molecule has 0 atom stereocenters. The van der Waals surface area contributed by atoms with E-state index in [9.17, 15) is 0 Å². The number of hydrogen-bond donors (Lipinski definition) is 0. The van der Waals surface area contributed by atoms with E-state index in [1.165, 1.54) is 33.4 Å². The van der Waals surface area contributed by atoms with E-state index in [4.69, 9.17) is 0 Å². The van der Waals surface area contributed by atoms with Crippen molar-refractivity contribution in [1.29, 1.82) is 0 Å². The molecule has 0 bridgehead atoms. The van der Waals surface area contributed by atoms with E-state index in [2.05, 4.69) is 64.1 Å². The third-order valence-electron chi connectivity index (χ3n) is 4.17. The first kappa shape index (κ1) is 21.9. The van der Waals surface area contributed by atoms with Crippen LogP contribution in [0, 0.1) is 6.07 Å². The van der Waals surface area contributed by atoms with Crippen LogP contribution in [0.15, 0.2) is 30.3 Å². The van der Waals surface area contributed by atoms with Crippen LogP contribution in [0.4, 0.5) is 0 Å². The summed E-state index contributed by atoms with van der Waals surface area (Å²) in [5, 5.41) is 0. The third kappa shape index (κ3) is 4.05. The maximum Gasteiger partial charge on any atom is 3.00 e. The van der Waals surface area contributed by atoms with Crippen molar-refractivity contribution in [2.24, 2.45) is 0 Å². The van der Waals surface area contributed by atoms with Gasteiger partial charge in [0.1, 0.15) is 0 Å². The van der Waals surface area contributed by atoms with E-state index in [-0.39, 0.29) is 51.0 Å². The van der Waals surface area contributed by atoms with Gasteiger partial charge in [0.15, 0.2) is 0 Å². The smallest absolute Gasteiger partial charge is 1.00 e. The number of hydrogen-bond acceptors (Lipinski definition) is 0. The Morgan fingerprint density at radius 1 is 0.864 bits per heavy atom. The van der Waals surface area contributed by atoms with Crippen molar-refractivity contribution < 1.29 is 51.0 Å². The molecule has 0 unspecified atom stereocenters. The summed E-state index contributed by atoms with van der Waals surface area (Å²) < 4.78 is 0. The van der Waals surface area contributed by atoms with Crippen molar-refractivity contribution in [3.63, 3.8) is 0 Å². The van der Waals surface area contributed by atoms with Gasteiger partial charge in [-0.05, 0) is 17.9 Å². The van der Waals surface area contributed by atoms with Crippen LogP contribution in [-0.4, -0.2) is 0 Å². The predicted molar refractivity (Wildman–Crippen MR) is 81.7 cm³/mol. The monoisotopic (exact) mass is 409 g/mol. The zero-order chi connectivity index (χ0) is 13.6. The van der Waals surface area contributed by atoms with Crippen LogP contribution in [0.25, 0.3) is 11.1 Å². The maximum absolute atomic E-state index is 3.49. The van der Waals surface area contributed by atoms with E-state index in [0.717, 1.165) is 6.42 Å². The summed E-state index contributed by atoms with van der Waals surface area (Å²) in [7, 11) is 0. The topological polar surface area (TPSA) is 0 Å². The quantitative estimate of drug-likeness (QED) is 0.490. The van der Waals surface area contributed by atoms with Crippen molar-refractivity contribution in [1.82, 2.24) is 0 Å². The van der Waals surface area contributed by atoms with E-state index in [1.807, 2.05) is 0 Å². The Balaban J connectivity index is 0.00000147. The molecular weight excluding hydrogens is 390 g/mol. The molecule has 1 radical (unpaired) electrons. The Hall–Kier alpha value is -0.0969. The molecule has 1 aliphatic rings. The molecule has 3 heteroatoms. The molecule has 0 amide bonds. The van der Waals surface area contributed by atoms with Crippen LogP contribution in [-0.2, 0) is 32.6 Å². The van der Waals surface area contributed by atoms with Gasteiger partial charge in [-0.25, -0.2) is 0 Å². The Morgan fingerprint density at radius 3 is 2.05 bits per heavy atom. The van der Waals surface area contributed by atoms with Gasteiger partial charge in [-0.3, -0.25) is 0 Å². The van der Waals surface area contributed by atoms with Crippen molar-refractivity contribution in [2.45, 2.75) is 46.0 Å². The molecule has 0 N–H and O–H groups in total. The molecule has 0 saturated heterocycles. The van der Waals surface area contributed by atoms with Gasteiger partial charge in [-0.2, -0.15) is 29.3 Å². The largest absolute Gasteiger partial charge is 3.00 e. The Kier molecular flexibility index (Phi) is 8.63. The second-order valence-corrected chi connectivity index (χ2v) is 6.23. The molecule has 3 rings (SSSR count). The number of benzene rings is 2. The maximum atomic E-state index is 3.49. The standard InChI is InChI=1S/C19H21.2ClH.Zr/c1-12(2)14-5-7-16-9-17-8-6-15(13(3)4)11-19(17)18(16)10-14;;;/h5-7,10-13H,9H2,1-4H3;2*1H;/q-1;;;+3/p-2. The second kappa shape index (κ2) is 8.67. The molecule has 0 spiro atoms. The van der Waals surface area contributed by atoms with Crippen LogP contribution in [0.1, 0.15) is 61.8 Å². The summed E-state index contributed by atoms with van der Waals surface area (Å²) >= 11 is 0. The molecule has 0 heterocycles. The van der Waals surface area contributed by atoms with Gasteiger partial charge < -0.3 is 24.8 Å². The minimum Gasteiger partial charge on any atom is -1.00 e. The van der Waals surface area contributed by atoms with Crippen LogP contribution < -0.4 is 24.8 Å². The molecule has 0 fully saturated rings. The second-order valence-electron chi connectivity index (χ2n) is 6.23. The van der Waals surface area contributed by atoms with Gasteiger partial charge in [-0.15, -0.1) is 5.56 Å². The Morgan fingerprint density at radius 2 is 1.45 bits per heavy atom. The molecule has 2 aromatic rings. The third-order valence-corrected chi connectivity index (χ3v) is 4.17.